The molecule has 1 fully saturated rings. The summed E-state index contributed by atoms with van der Waals surface area (Å²) < 4.78 is 8.02. The van der Waals surface area contributed by atoms with E-state index in [9.17, 15) is 0 Å². The van der Waals surface area contributed by atoms with Crippen LogP contribution in [0.5, 0.6) is 0 Å². The molecule has 96 valence electrons. The predicted molar refractivity (Wildman–Crippen MR) is 70.1 cm³/mol. The van der Waals surface area contributed by atoms with Gasteiger partial charge in [-0.3, -0.25) is 0 Å². The van der Waals surface area contributed by atoms with E-state index in [1.54, 1.807) is 0 Å². The van der Waals surface area contributed by atoms with Crippen LogP contribution in [0.25, 0.3) is 0 Å². The highest BCUT2D eigenvalue weighted by atomic mass is 16.5. The Hall–Kier alpha value is -0.800. The number of hydrogen-bond donors (Lipinski definition) is 1. The number of nitrogens with one attached hydrogen (secondary N) is 1. The van der Waals surface area contributed by atoms with E-state index in [-0.39, 0.29) is 0 Å². The summed E-state index contributed by atoms with van der Waals surface area (Å²) in [4.78, 5) is 0. The topological polar surface area (TPSA) is 26.2 Å². The maximum Gasteiger partial charge on any atom is 0.0754 e. The lowest BCUT2D eigenvalue weighted by atomic mass is 10.2. The number of aromatic nitrogens is 1. The van der Waals surface area contributed by atoms with Crippen LogP contribution in [0.3, 0.4) is 0 Å². The zero-order valence-corrected chi connectivity index (χ0v) is 11.0. The quantitative estimate of drug-likeness (QED) is 0.768. The summed E-state index contributed by atoms with van der Waals surface area (Å²) in [7, 11) is 0. The molecule has 3 heteroatoms. The second kappa shape index (κ2) is 6.22. The fraction of sp³-hybridized carbons (Fsp3) is 0.714. The molecule has 0 aromatic carbocycles. The molecule has 1 unspecified atom stereocenters. The summed E-state index contributed by atoms with van der Waals surface area (Å²) in [5.41, 5.74) is 2.79. The molecule has 1 saturated heterocycles. The first kappa shape index (κ1) is 12.7. The van der Waals surface area contributed by atoms with E-state index in [0.717, 1.165) is 26.2 Å². The van der Waals surface area contributed by atoms with Gasteiger partial charge >= 0.3 is 0 Å². The molecule has 0 spiro atoms. The van der Waals surface area contributed by atoms with Gasteiger partial charge in [-0.1, -0.05) is 6.92 Å². The molecule has 1 aliphatic heterocycles. The van der Waals surface area contributed by atoms with Crippen LogP contribution in [0.1, 0.15) is 37.4 Å². The molecule has 2 rings (SSSR count). The minimum atomic E-state index is 0.428. The minimum Gasteiger partial charge on any atom is -0.376 e. The van der Waals surface area contributed by atoms with Crippen LogP contribution < -0.4 is 5.32 Å². The Kier molecular flexibility index (Phi) is 4.63. The lowest BCUT2D eigenvalue weighted by Gasteiger charge is -2.13. The van der Waals surface area contributed by atoms with Gasteiger partial charge in [0.2, 0.25) is 0 Å². The van der Waals surface area contributed by atoms with Crippen molar-refractivity contribution in [1.29, 1.82) is 0 Å². The Balaban J connectivity index is 1.89. The first-order valence-corrected chi connectivity index (χ1v) is 6.78. The van der Waals surface area contributed by atoms with Crippen molar-refractivity contribution in [3.8, 4) is 0 Å². The number of hydrogen-bond acceptors (Lipinski definition) is 2. The van der Waals surface area contributed by atoms with Crippen molar-refractivity contribution in [2.24, 2.45) is 0 Å². The van der Waals surface area contributed by atoms with Gasteiger partial charge in [-0.15, -0.1) is 0 Å². The molecule has 0 aliphatic carbocycles. The van der Waals surface area contributed by atoms with Crippen molar-refractivity contribution in [2.75, 3.05) is 13.2 Å². The van der Waals surface area contributed by atoms with Gasteiger partial charge < -0.3 is 14.6 Å². The Bertz CT molecular complexity index is 340. The molecule has 1 aromatic heterocycles. The van der Waals surface area contributed by atoms with Crippen LogP contribution in [-0.4, -0.2) is 23.8 Å². The zero-order chi connectivity index (χ0) is 12.1. The highest BCUT2D eigenvalue weighted by molar-refractivity contribution is 5.21. The van der Waals surface area contributed by atoms with E-state index in [2.05, 4.69) is 36.0 Å². The molecule has 1 aliphatic rings. The summed E-state index contributed by atoms with van der Waals surface area (Å²) in [5.74, 6) is 0. The number of nitrogens with zero attached hydrogens (tertiary/aromatic N) is 1. The van der Waals surface area contributed by atoms with Crippen LogP contribution in [0.15, 0.2) is 12.3 Å². The van der Waals surface area contributed by atoms with Crippen LogP contribution in [0.4, 0.5) is 0 Å². The van der Waals surface area contributed by atoms with E-state index in [1.165, 1.54) is 30.5 Å². The molecular formula is C14H24N2O. The highest BCUT2D eigenvalue weighted by Crippen LogP contribution is 2.17. The van der Waals surface area contributed by atoms with Gasteiger partial charge in [-0.2, -0.15) is 0 Å². The third-order valence-corrected chi connectivity index (χ3v) is 3.52. The van der Waals surface area contributed by atoms with Gasteiger partial charge in [0.1, 0.15) is 0 Å². The van der Waals surface area contributed by atoms with Gasteiger partial charge in [0.05, 0.1) is 6.10 Å². The van der Waals surface area contributed by atoms with E-state index < -0.39 is 0 Å². The van der Waals surface area contributed by atoms with Crippen molar-refractivity contribution in [1.82, 2.24) is 9.88 Å². The van der Waals surface area contributed by atoms with Gasteiger partial charge in [-0.25, -0.2) is 0 Å². The number of rotatable bonds is 6. The Labute approximate surface area is 104 Å². The van der Waals surface area contributed by atoms with Crippen molar-refractivity contribution < 1.29 is 4.74 Å². The Morgan fingerprint density at radius 3 is 3.12 bits per heavy atom. The maximum absolute atomic E-state index is 5.68. The summed E-state index contributed by atoms with van der Waals surface area (Å²) in [6, 6.07) is 2.23. The summed E-state index contributed by atoms with van der Waals surface area (Å²) in [6.45, 7) is 8.43. The first-order valence-electron chi connectivity index (χ1n) is 6.78. The second-order valence-corrected chi connectivity index (χ2v) is 4.89. The minimum absolute atomic E-state index is 0.428. The molecule has 1 atom stereocenters. The Morgan fingerprint density at radius 1 is 1.53 bits per heavy atom. The van der Waals surface area contributed by atoms with Crippen molar-refractivity contribution in [3.05, 3.63) is 23.5 Å². The van der Waals surface area contributed by atoms with Gasteiger partial charge in [0.25, 0.3) is 0 Å². The molecule has 0 amide bonds. The molecule has 17 heavy (non-hydrogen) atoms. The van der Waals surface area contributed by atoms with Crippen LogP contribution in [0, 0.1) is 6.92 Å². The van der Waals surface area contributed by atoms with Crippen LogP contribution >= 0.6 is 0 Å². The normalized spacial score (nSPS) is 20.0. The smallest absolute Gasteiger partial charge is 0.0754 e. The SMILES string of the molecule is CCCNCc1ccn(CC2CCCO2)c1C. The van der Waals surface area contributed by atoms with Crippen LogP contribution in [0.2, 0.25) is 0 Å². The first-order chi connectivity index (χ1) is 8.31. The molecule has 3 nitrogen and oxygen atoms in total. The second-order valence-electron chi connectivity index (χ2n) is 4.89. The lowest BCUT2D eigenvalue weighted by Crippen LogP contribution is -2.17. The van der Waals surface area contributed by atoms with E-state index >= 15 is 0 Å². The predicted octanol–water partition coefficient (Wildman–Crippen LogP) is 2.48. The van der Waals surface area contributed by atoms with E-state index in [1.807, 2.05) is 0 Å². The third-order valence-electron chi connectivity index (χ3n) is 3.52. The lowest BCUT2D eigenvalue weighted by molar-refractivity contribution is 0.0966. The van der Waals surface area contributed by atoms with Crippen molar-refractivity contribution in [2.45, 2.75) is 52.3 Å². The third kappa shape index (κ3) is 3.33. The monoisotopic (exact) mass is 236 g/mol. The highest BCUT2D eigenvalue weighted by Gasteiger charge is 2.16. The van der Waals surface area contributed by atoms with E-state index in [4.69, 9.17) is 4.74 Å². The van der Waals surface area contributed by atoms with E-state index in [0.29, 0.717) is 6.10 Å². The Morgan fingerprint density at radius 2 is 2.41 bits per heavy atom. The summed E-state index contributed by atoms with van der Waals surface area (Å²) >= 11 is 0. The molecule has 1 aromatic rings. The summed E-state index contributed by atoms with van der Waals surface area (Å²) in [5, 5.41) is 3.45. The van der Waals surface area contributed by atoms with Gasteiger partial charge in [-0.05, 0) is 44.4 Å². The summed E-state index contributed by atoms with van der Waals surface area (Å²) in [6.07, 6.45) is 6.24. The molecule has 0 bridgehead atoms. The van der Waals surface area contributed by atoms with Crippen molar-refractivity contribution >= 4 is 0 Å². The zero-order valence-electron chi connectivity index (χ0n) is 11.0. The standard InChI is InChI=1S/C14H24N2O/c1-3-7-15-10-13-6-8-16(12(13)2)11-14-5-4-9-17-14/h6,8,14-15H,3-5,7,9-11H2,1-2H3. The molecule has 0 radical (unpaired) electrons. The average Bonchev–Trinajstić information content (AvgIpc) is 2.94. The fourth-order valence-corrected chi connectivity index (χ4v) is 2.39. The molecule has 0 saturated carbocycles. The van der Waals surface area contributed by atoms with Gasteiger partial charge in [0, 0.05) is 31.6 Å². The average molecular weight is 236 g/mol. The molecule has 1 N–H and O–H groups in total. The maximum atomic E-state index is 5.68. The molecule has 2 heterocycles. The fourth-order valence-electron chi connectivity index (χ4n) is 2.39. The van der Waals surface area contributed by atoms with Crippen LogP contribution in [-0.2, 0) is 17.8 Å². The van der Waals surface area contributed by atoms with Crippen molar-refractivity contribution in [3.63, 3.8) is 0 Å². The number of ether oxygens (including phenoxy) is 1. The van der Waals surface area contributed by atoms with Gasteiger partial charge in [0.15, 0.2) is 0 Å². The molecular weight excluding hydrogens is 212 g/mol. The largest absolute Gasteiger partial charge is 0.376 e.